The van der Waals surface area contributed by atoms with E-state index in [0.717, 1.165) is 5.56 Å². The third-order valence-corrected chi connectivity index (χ3v) is 3.26. The van der Waals surface area contributed by atoms with E-state index < -0.39 is 5.97 Å². The number of aliphatic imine (C=N–C) groups is 1. The van der Waals surface area contributed by atoms with Crippen LogP contribution in [-0.2, 0) is 16.1 Å². The van der Waals surface area contributed by atoms with Gasteiger partial charge in [0.25, 0.3) is 0 Å². The van der Waals surface area contributed by atoms with Gasteiger partial charge in [-0.3, -0.25) is 0 Å². The van der Waals surface area contributed by atoms with Gasteiger partial charge in [-0.1, -0.05) is 48.5 Å². The molecule has 3 rings (SSSR count). The molecular weight excluding hydrogens is 276 g/mol. The summed E-state index contributed by atoms with van der Waals surface area (Å²) in [5.41, 5.74) is 2.28. The smallest absolute Gasteiger partial charge is 0.365 e. The second-order valence-corrected chi connectivity index (χ2v) is 5.09. The lowest BCUT2D eigenvalue weighted by Gasteiger charge is -2.13. The van der Waals surface area contributed by atoms with Crippen molar-refractivity contribution in [2.75, 3.05) is 7.05 Å². The Labute approximate surface area is 129 Å². The Balaban J connectivity index is 1.76. The van der Waals surface area contributed by atoms with Crippen molar-refractivity contribution in [3.8, 4) is 0 Å². The zero-order chi connectivity index (χ0) is 15.4. The van der Waals surface area contributed by atoms with Gasteiger partial charge in [-0.05, 0) is 17.7 Å². The molecule has 2 aromatic rings. The lowest BCUT2D eigenvalue weighted by molar-refractivity contribution is -0.130. The van der Waals surface area contributed by atoms with E-state index >= 15 is 0 Å². The van der Waals surface area contributed by atoms with Gasteiger partial charge in [-0.2, -0.15) is 0 Å². The van der Waals surface area contributed by atoms with Crippen LogP contribution >= 0.6 is 0 Å². The third-order valence-electron chi connectivity index (χ3n) is 3.26. The fourth-order valence-electron chi connectivity index (χ4n) is 2.23. The van der Waals surface area contributed by atoms with Crippen molar-refractivity contribution in [1.29, 1.82) is 0 Å². The second kappa shape index (κ2) is 6.26. The number of nitrogens with zero attached hydrogens (tertiary/aromatic N) is 2. The van der Waals surface area contributed by atoms with Crippen molar-refractivity contribution in [1.82, 2.24) is 4.90 Å². The largest absolute Gasteiger partial charge is 0.402 e. The van der Waals surface area contributed by atoms with Crippen LogP contribution in [0.4, 0.5) is 0 Å². The lowest BCUT2D eigenvalue weighted by Crippen LogP contribution is -2.12. The highest BCUT2D eigenvalue weighted by atomic mass is 16.6. The average molecular weight is 292 g/mol. The van der Waals surface area contributed by atoms with Gasteiger partial charge < -0.3 is 9.64 Å². The van der Waals surface area contributed by atoms with Gasteiger partial charge in [0.05, 0.1) is 0 Å². The Kier molecular flexibility index (Phi) is 4.01. The summed E-state index contributed by atoms with van der Waals surface area (Å²) in [5, 5.41) is 0. The number of carbonyl (C=O) groups is 1. The van der Waals surface area contributed by atoms with E-state index in [9.17, 15) is 4.79 Å². The number of rotatable bonds is 4. The highest BCUT2D eigenvalue weighted by molar-refractivity contribution is 6.11. The molecule has 0 fully saturated rings. The van der Waals surface area contributed by atoms with E-state index in [1.54, 1.807) is 6.20 Å². The first kappa shape index (κ1) is 14.1. The molecule has 0 radical (unpaired) electrons. The first-order valence-corrected chi connectivity index (χ1v) is 7.04. The Hall–Kier alpha value is -2.88. The summed E-state index contributed by atoms with van der Waals surface area (Å²) < 4.78 is 5.23. The molecule has 1 heterocycles. The summed E-state index contributed by atoms with van der Waals surface area (Å²) in [6, 6.07) is 19.5. The number of carbonyl (C=O) groups excluding carboxylic acids is 1. The van der Waals surface area contributed by atoms with E-state index in [2.05, 4.69) is 4.99 Å². The minimum atomic E-state index is -0.418. The standard InChI is InChI=1S/C18H16N2O2/c1-20(12-14-8-4-2-5-9-14)13-16-18(21)22-17(19-16)15-10-6-3-7-11-15/h2-11,13H,12H2,1H3/b16-13-. The quantitative estimate of drug-likeness (QED) is 0.642. The molecule has 0 saturated carbocycles. The predicted molar refractivity (Wildman–Crippen MR) is 85.1 cm³/mol. The van der Waals surface area contributed by atoms with E-state index in [0.29, 0.717) is 18.1 Å². The molecule has 1 aliphatic rings. The van der Waals surface area contributed by atoms with Gasteiger partial charge >= 0.3 is 5.97 Å². The van der Waals surface area contributed by atoms with Crippen LogP contribution in [0.25, 0.3) is 0 Å². The first-order chi connectivity index (χ1) is 10.7. The normalized spacial score (nSPS) is 15.6. The maximum absolute atomic E-state index is 11.9. The second-order valence-electron chi connectivity index (χ2n) is 5.09. The molecule has 0 amide bonds. The van der Waals surface area contributed by atoms with Gasteiger partial charge in [0.15, 0.2) is 5.70 Å². The number of benzene rings is 2. The SMILES string of the molecule is CN(/C=C1\N=C(c2ccccc2)OC1=O)Cc1ccccc1. The Morgan fingerprint density at radius 1 is 1.05 bits per heavy atom. The molecule has 0 aliphatic carbocycles. The zero-order valence-electron chi connectivity index (χ0n) is 12.3. The Morgan fingerprint density at radius 3 is 2.36 bits per heavy atom. The molecule has 0 unspecified atom stereocenters. The fourth-order valence-corrected chi connectivity index (χ4v) is 2.23. The average Bonchev–Trinajstić information content (AvgIpc) is 2.90. The van der Waals surface area contributed by atoms with E-state index in [1.165, 1.54) is 5.56 Å². The molecule has 0 atom stereocenters. The molecule has 1 aliphatic heterocycles. The number of cyclic esters (lactones) is 1. The monoisotopic (exact) mass is 292 g/mol. The van der Waals surface area contributed by atoms with Gasteiger partial charge in [0, 0.05) is 25.4 Å². The minimum absolute atomic E-state index is 0.317. The molecule has 0 bridgehead atoms. The van der Waals surface area contributed by atoms with E-state index in [-0.39, 0.29) is 0 Å². The van der Waals surface area contributed by atoms with Gasteiger partial charge in [-0.25, -0.2) is 9.79 Å². The van der Waals surface area contributed by atoms with Crippen LogP contribution in [0, 0.1) is 0 Å². The van der Waals surface area contributed by atoms with Crippen LogP contribution < -0.4 is 0 Å². The molecular formula is C18H16N2O2. The van der Waals surface area contributed by atoms with Gasteiger partial charge in [0.2, 0.25) is 5.90 Å². The molecule has 0 aromatic heterocycles. The lowest BCUT2D eigenvalue weighted by atomic mass is 10.2. The zero-order valence-corrected chi connectivity index (χ0v) is 12.3. The fraction of sp³-hybridized carbons (Fsp3) is 0.111. The molecule has 0 saturated heterocycles. The number of ether oxygens (including phenoxy) is 1. The molecule has 0 spiro atoms. The van der Waals surface area contributed by atoms with Crippen LogP contribution in [0.3, 0.4) is 0 Å². The summed E-state index contributed by atoms with van der Waals surface area (Å²) in [7, 11) is 1.91. The summed E-state index contributed by atoms with van der Waals surface area (Å²) in [5.74, 6) is -0.0660. The van der Waals surface area contributed by atoms with Crippen LogP contribution in [0.15, 0.2) is 77.6 Å². The summed E-state index contributed by atoms with van der Waals surface area (Å²) in [6.45, 7) is 0.702. The maximum atomic E-state index is 11.9. The van der Waals surface area contributed by atoms with Crippen LogP contribution in [0.1, 0.15) is 11.1 Å². The topological polar surface area (TPSA) is 41.9 Å². The summed E-state index contributed by atoms with van der Waals surface area (Å²) in [4.78, 5) is 18.1. The number of esters is 1. The molecule has 4 nitrogen and oxygen atoms in total. The van der Waals surface area contributed by atoms with Crippen molar-refractivity contribution >= 4 is 11.9 Å². The Morgan fingerprint density at radius 2 is 1.68 bits per heavy atom. The van der Waals surface area contributed by atoms with Crippen LogP contribution in [-0.4, -0.2) is 23.8 Å². The predicted octanol–water partition coefficient (Wildman–Crippen LogP) is 2.96. The first-order valence-electron chi connectivity index (χ1n) is 7.04. The number of hydrogen-bond donors (Lipinski definition) is 0. The third kappa shape index (κ3) is 3.23. The van der Waals surface area contributed by atoms with E-state index in [1.807, 2.05) is 72.6 Å². The van der Waals surface area contributed by atoms with Crippen molar-refractivity contribution in [3.63, 3.8) is 0 Å². The highest BCUT2D eigenvalue weighted by Crippen LogP contribution is 2.17. The highest BCUT2D eigenvalue weighted by Gasteiger charge is 2.24. The summed E-state index contributed by atoms with van der Waals surface area (Å²) >= 11 is 0. The van der Waals surface area contributed by atoms with Crippen molar-refractivity contribution < 1.29 is 9.53 Å². The minimum Gasteiger partial charge on any atom is -0.402 e. The molecule has 22 heavy (non-hydrogen) atoms. The van der Waals surface area contributed by atoms with Crippen molar-refractivity contribution in [3.05, 3.63) is 83.7 Å². The maximum Gasteiger partial charge on any atom is 0.365 e. The van der Waals surface area contributed by atoms with Gasteiger partial charge in [0.1, 0.15) is 0 Å². The number of hydrogen-bond acceptors (Lipinski definition) is 4. The molecule has 4 heteroatoms. The van der Waals surface area contributed by atoms with Crippen molar-refractivity contribution in [2.24, 2.45) is 4.99 Å². The van der Waals surface area contributed by atoms with Crippen molar-refractivity contribution in [2.45, 2.75) is 6.54 Å². The van der Waals surface area contributed by atoms with Gasteiger partial charge in [-0.15, -0.1) is 0 Å². The summed E-state index contributed by atoms with van der Waals surface area (Å²) in [6.07, 6.45) is 1.71. The molecule has 2 aromatic carbocycles. The molecule has 110 valence electrons. The van der Waals surface area contributed by atoms with Crippen LogP contribution in [0.2, 0.25) is 0 Å². The van der Waals surface area contributed by atoms with Crippen LogP contribution in [0.5, 0.6) is 0 Å². The Bertz CT molecular complexity index is 721. The van der Waals surface area contributed by atoms with E-state index in [4.69, 9.17) is 4.74 Å². The molecule has 0 N–H and O–H groups in total.